The normalized spacial score (nSPS) is 15.7. The van der Waals surface area contributed by atoms with Crippen molar-refractivity contribution in [1.82, 2.24) is 0 Å². The van der Waals surface area contributed by atoms with E-state index in [0.717, 1.165) is 198 Å². The highest BCUT2D eigenvalue weighted by Gasteiger charge is 2.48. The smallest absolute Gasteiger partial charge is 0.0714 e. The van der Waals surface area contributed by atoms with E-state index >= 15 is 0 Å². The number of benzene rings is 15. The largest absolute Gasteiger partial charge is 0.310 e. The van der Waals surface area contributed by atoms with Gasteiger partial charge in [0.15, 0.2) is 0 Å². The molecule has 0 fully saturated rings. The molecule has 2 heteroatoms. The number of fused-ring (bicyclic) bond motifs is 6. The molecule has 15 aromatic carbocycles. The molecule has 2 aliphatic carbocycles. The molecule has 110 heavy (non-hydrogen) atoms. The third-order valence-corrected chi connectivity index (χ3v) is 22.7. The van der Waals surface area contributed by atoms with Crippen LogP contribution in [0.4, 0.5) is 34.1 Å². The van der Waals surface area contributed by atoms with Crippen molar-refractivity contribution < 1.29 is 13.7 Å². The molecule has 2 nitrogen and oxygen atoms in total. The average Bonchev–Trinajstić information content (AvgIpc) is 1.52. The predicted molar refractivity (Wildman–Crippen MR) is 468 cm³/mol. The summed E-state index contributed by atoms with van der Waals surface area (Å²) < 4.78 is 93.7. The molecule has 0 saturated heterocycles. The van der Waals surface area contributed by atoms with Crippen LogP contribution in [0.25, 0.3) is 78.9 Å². The first kappa shape index (κ1) is 59.4. The number of rotatable bonds is 26. The van der Waals surface area contributed by atoms with Gasteiger partial charge in [0.2, 0.25) is 0 Å². The molecule has 0 heterocycles. The molecule has 0 spiro atoms. The number of hydrogen-bond acceptors (Lipinski definition) is 2. The lowest BCUT2D eigenvalue weighted by molar-refractivity contribution is 0.664. The molecule has 0 aliphatic heterocycles. The molecule has 0 aromatic heterocycles. The van der Waals surface area contributed by atoms with Gasteiger partial charge < -0.3 is 9.80 Å². The van der Waals surface area contributed by atoms with Gasteiger partial charge in [-0.25, -0.2) is 0 Å². The Kier molecular flexibility index (Phi) is 16.9. The van der Waals surface area contributed by atoms with Gasteiger partial charge in [-0.2, -0.15) is 0 Å². The molecule has 2 aliphatic rings. The summed E-state index contributed by atoms with van der Waals surface area (Å²) >= 11 is 0. The predicted octanol–water partition coefficient (Wildman–Crippen LogP) is 29.6. The summed E-state index contributed by atoms with van der Waals surface area (Å²) in [6.07, 6.45) is 14.1. The Morgan fingerprint density at radius 3 is 0.945 bits per heavy atom. The zero-order chi connectivity index (χ0) is 83.1. The van der Waals surface area contributed by atoms with E-state index in [0.29, 0.717) is 0 Å². The van der Waals surface area contributed by atoms with Crippen molar-refractivity contribution in [2.45, 2.75) is 88.9 Å². The van der Waals surface area contributed by atoms with Crippen LogP contribution in [0.5, 0.6) is 0 Å². The summed E-state index contributed by atoms with van der Waals surface area (Å²) in [5, 5.41) is 0. The summed E-state index contributed by atoms with van der Waals surface area (Å²) in [6, 6.07) is 103. The van der Waals surface area contributed by atoms with E-state index < -0.39 is 47.1 Å². The second-order valence-corrected chi connectivity index (χ2v) is 29.1. The molecule has 534 valence electrons. The fraction of sp³-hybridized carbons (Fsp3) is 0.130. The first-order valence-corrected chi connectivity index (χ1v) is 38.9. The fourth-order valence-electron chi connectivity index (χ4n) is 17.3. The first-order valence-electron chi connectivity index (χ1n) is 43.9. The van der Waals surface area contributed by atoms with Crippen molar-refractivity contribution in [2.75, 3.05) is 9.80 Å². The van der Waals surface area contributed by atoms with E-state index in [1.807, 2.05) is 97.1 Å². The minimum absolute atomic E-state index is 0.186. The average molecular weight is 1430 g/mol. The lowest BCUT2D eigenvalue weighted by Gasteiger charge is -2.35. The van der Waals surface area contributed by atoms with Crippen LogP contribution in [0.15, 0.2) is 377 Å². The molecule has 2 atom stereocenters. The van der Waals surface area contributed by atoms with E-state index in [9.17, 15) is 11.0 Å². The van der Waals surface area contributed by atoms with Crippen LogP contribution in [0.2, 0.25) is 0 Å². The van der Waals surface area contributed by atoms with E-state index in [-0.39, 0.29) is 35.3 Å². The molecule has 0 bridgehead atoms. The Labute approximate surface area is 665 Å². The third kappa shape index (κ3) is 13.0. The van der Waals surface area contributed by atoms with Crippen molar-refractivity contribution in [1.29, 1.82) is 0 Å². The van der Waals surface area contributed by atoms with Crippen molar-refractivity contribution >= 4 is 46.3 Å². The highest BCUT2D eigenvalue weighted by molar-refractivity contribution is 5.93. The third-order valence-electron chi connectivity index (χ3n) is 22.7. The van der Waals surface area contributed by atoms with Crippen LogP contribution in [0, 0.1) is 0 Å². The SMILES string of the molecule is [2H]c1c([2H])c([2H])c(C2(c3ccc(C=C)cc3)c3ccccc3-c3ccc(N(c4ccc(-c5ccccc5)cc4)c4ccc(-c5cc(CCCCCC)c(-c6ccc(N(c7ccc(-c8ccccc8)cc7)c7ccc8c(c7)C(c7ccc(C=C)cc7)(c7c([2H])c([2H])c([2H])c([2H])c7[2H])c7ccccc7-8)cc6)cc5CCCCCC)cc4)cc32)c([2H])c1[2H]. The Bertz CT molecular complexity index is 5940. The van der Waals surface area contributed by atoms with Crippen molar-refractivity contribution in [3.8, 4) is 66.8 Å². The lowest BCUT2D eigenvalue weighted by atomic mass is 9.67. The van der Waals surface area contributed by atoms with Gasteiger partial charge in [0.25, 0.3) is 0 Å². The number of hydrogen-bond donors (Lipinski definition) is 0. The van der Waals surface area contributed by atoms with E-state index in [1.165, 1.54) is 22.3 Å². The maximum absolute atomic E-state index is 9.80. The van der Waals surface area contributed by atoms with E-state index in [1.54, 1.807) is 12.2 Å². The van der Waals surface area contributed by atoms with Crippen molar-refractivity contribution in [3.63, 3.8) is 0 Å². The molecule has 2 unspecified atom stereocenters. The quantitative estimate of drug-likeness (QED) is 0.0499. The Hall–Kier alpha value is -12.6. The van der Waals surface area contributed by atoms with Gasteiger partial charge in [0.1, 0.15) is 0 Å². The second kappa shape index (κ2) is 31.3. The van der Waals surface area contributed by atoms with Crippen LogP contribution in [0.3, 0.4) is 0 Å². The Morgan fingerprint density at radius 1 is 0.273 bits per heavy atom. The molecular weight excluding hydrogens is 1330 g/mol. The molecule has 0 radical (unpaired) electrons. The van der Waals surface area contributed by atoms with Gasteiger partial charge in [0.05, 0.1) is 24.5 Å². The highest BCUT2D eigenvalue weighted by atomic mass is 15.1. The second-order valence-electron chi connectivity index (χ2n) is 29.1. The standard InChI is InChI=1S/C108H92N2/c1-5-9-11-17-35-85-73-102(84-55-67-94(68-56-84)110(92-63-51-82(52-64-92)80-33-21-14-22-34-80)96-70-72-100-98-42-28-30-44-104(98)108(106(100)76-96,88-39-25-16-26-40-88)90-59-47-78(8-4)48-60-90)86(36-18-12-10-6-2)74-101(85)83-53-65-93(66-54-83)109(91-61-49-81(50-62-91)79-31-19-13-20-32-79)95-69-71-99-97-41-27-29-43-103(97)107(105(99)75-95,87-37-23-15-24-38-87)89-57-45-77(7-3)46-58-89/h7-8,13-16,19-34,37-76H,3-6,9-12,17-18,35-36H2,1-2H3/i15D,16D,23D,24D,25D,26D,37D,38D,39D,40D. The number of anilines is 6. The topological polar surface area (TPSA) is 6.48 Å². The molecule has 0 N–H and O–H groups in total. The van der Waals surface area contributed by atoms with E-state index in [4.69, 9.17) is 2.74 Å². The molecule has 0 saturated carbocycles. The highest BCUT2D eigenvalue weighted by Crippen LogP contribution is 2.60. The molecule has 15 aromatic rings. The van der Waals surface area contributed by atoms with Gasteiger partial charge in [0, 0.05) is 34.1 Å². The minimum Gasteiger partial charge on any atom is -0.310 e. The van der Waals surface area contributed by atoms with Gasteiger partial charge in [-0.1, -0.05) is 369 Å². The van der Waals surface area contributed by atoms with Gasteiger partial charge in [-0.15, -0.1) is 0 Å². The van der Waals surface area contributed by atoms with Crippen LogP contribution in [-0.2, 0) is 23.7 Å². The summed E-state index contributed by atoms with van der Waals surface area (Å²) in [6.45, 7) is 12.7. The maximum atomic E-state index is 9.80. The molecular formula is C108H92N2. The zero-order valence-electron chi connectivity index (χ0n) is 72.4. The molecule has 0 amide bonds. The van der Waals surface area contributed by atoms with Crippen LogP contribution >= 0.6 is 0 Å². The van der Waals surface area contributed by atoms with Gasteiger partial charge in [-0.3, -0.25) is 0 Å². The van der Waals surface area contributed by atoms with E-state index in [2.05, 4.69) is 243 Å². The van der Waals surface area contributed by atoms with Crippen LogP contribution in [0.1, 0.15) is 146 Å². The number of aryl methyl sites for hydroxylation is 2. The number of nitrogens with zero attached hydrogens (tertiary/aromatic N) is 2. The van der Waals surface area contributed by atoms with Crippen LogP contribution < -0.4 is 9.80 Å². The maximum Gasteiger partial charge on any atom is 0.0714 e. The Balaban J connectivity index is 0.807. The van der Waals surface area contributed by atoms with Gasteiger partial charge >= 0.3 is 0 Å². The molecule has 17 rings (SSSR count). The zero-order valence-corrected chi connectivity index (χ0v) is 62.4. The number of unbranched alkanes of at least 4 members (excludes halogenated alkanes) is 6. The fourth-order valence-corrected chi connectivity index (χ4v) is 17.3. The monoisotopic (exact) mass is 1430 g/mol. The summed E-state index contributed by atoms with van der Waals surface area (Å²) in [4.78, 5) is 4.55. The van der Waals surface area contributed by atoms with Crippen molar-refractivity contribution in [3.05, 3.63) is 444 Å². The Morgan fingerprint density at radius 2 is 0.591 bits per heavy atom. The van der Waals surface area contributed by atoms with Gasteiger partial charge in [-0.05, 0) is 232 Å². The van der Waals surface area contributed by atoms with Crippen LogP contribution in [-0.4, -0.2) is 0 Å². The summed E-state index contributed by atoms with van der Waals surface area (Å²) in [5.41, 5.74) is 24.6. The van der Waals surface area contributed by atoms with Crippen molar-refractivity contribution in [2.24, 2.45) is 0 Å². The minimum atomic E-state index is -1.36. The summed E-state index contributed by atoms with van der Waals surface area (Å²) in [5.74, 6) is 0. The lowest BCUT2D eigenvalue weighted by Crippen LogP contribution is -2.28. The first-order chi connectivity index (χ1) is 58.5. The summed E-state index contributed by atoms with van der Waals surface area (Å²) in [7, 11) is 0.